The SMILES string of the molecule is COc1ccc([Si](C)(C)[C@@H]2[C@@H](CC(=O)N(CCO)Cc3ccccc3)O[C@]3(C(=O)N(Cc4cccc(-n5ncc6ccccc6c5=O)c4)c4ccc([N+](=O)[O-])cc43)[C@H]2C)cc1. The molecule has 1 aromatic heterocycles. The second-order valence-electron chi connectivity index (χ2n) is 16.4. The number of carbonyl (C=O) groups is 2. The molecular weight excluding hydrogens is 791 g/mol. The van der Waals surface area contributed by atoms with Crippen LogP contribution in [0.2, 0.25) is 18.6 Å². The third-order valence-electron chi connectivity index (χ3n) is 12.5. The number of methoxy groups -OCH3 is 1. The molecule has 61 heavy (non-hydrogen) atoms. The van der Waals surface area contributed by atoms with E-state index >= 15 is 4.79 Å². The molecule has 0 saturated carbocycles. The summed E-state index contributed by atoms with van der Waals surface area (Å²) in [6, 6.07) is 36.3. The third kappa shape index (κ3) is 7.40. The van der Waals surface area contributed by atoms with Crippen molar-refractivity contribution in [2.75, 3.05) is 25.2 Å². The Morgan fingerprint density at radius 1 is 0.951 bits per heavy atom. The number of ether oxygens (including phenoxy) is 2. The number of carbonyl (C=O) groups excluding carboxylic acids is 2. The first-order valence-corrected chi connectivity index (χ1v) is 23.4. The van der Waals surface area contributed by atoms with Crippen molar-refractivity contribution >= 4 is 47.2 Å². The zero-order valence-corrected chi connectivity index (χ0v) is 35.4. The maximum Gasteiger partial charge on any atom is 0.279 e. The average molecular weight is 838 g/mol. The number of rotatable bonds is 13. The fourth-order valence-corrected chi connectivity index (χ4v) is 13.5. The molecule has 13 nitrogen and oxygen atoms in total. The zero-order valence-electron chi connectivity index (χ0n) is 34.4. The number of nitro groups is 1. The van der Waals surface area contributed by atoms with E-state index in [2.05, 4.69) is 18.2 Å². The number of anilines is 1. The minimum Gasteiger partial charge on any atom is -0.497 e. The summed E-state index contributed by atoms with van der Waals surface area (Å²) in [7, 11) is -1.09. The van der Waals surface area contributed by atoms with Crippen molar-refractivity contribution in [3.8, 4) is 11.4 Å². The summed E-state index contributed by atoms with van der Waals surface area (Å²) < 4.78 is 14.0. The molecule has 6 aromatic rings. The molecule has 1 saturated heterocycles. The molecule has 2 amide bonds. The van der Waals surface area contributed by atoms with Crippen molar-refractivity contribution in [2.24, 2.45) is 5.92 Å². The fraction of sp³-hybridized carbons (Fsp3) is 0.277. The summed E-state index contributed by atoms with van der Waals surface area (Å²) in [6.07, 6.45) is 0.787. The smallest absolute Gasteiger partial charge is 0.279 e. The summed E-state index contributed by atoms with van der Waals surface area (Å²) in [5.41, 5.74) is 0.467. The van der Waals surface area contributed by atoms with Crippen LogP contribution in [0.5, 0.6) is 5.75 Å². The zero-order chi connectivity index (χ0) is 43.1. The molecule has 2 aliphatic rings. The van der Waals surface area contributed by atoms with Crippen molar-refractivity contribution in [2.45, 2.75) is 56.8 Å². The number of hydrogen-bond donors (Lipinski definition) is 1. The molecule has 3 heterocycles. The molecule has 1 fully saturated rings. The Morgan fingerprint density at radius 3 is 2.39 bits per heavy atom. The van der Waals surface area contributed by atoms with Crippen molar-refractivity contribution in [3.63, 3.8) is 0 Å². The Labute approximate surface area is 353 Å². The van der Waals surface area contributed by atoms with Gasteiger partial charge in [0.15, 0.2) is 5.60 Å². The average Bonchev–Trinajstić information content (AvgIpc) is 3.69. The molecule has 1 spiro atoms. The molecule has 8 rings (SSSR count). The lowest BCUT2D eigenvalue weighted by molar-refractivity contribution is -0.385. The molecule has 14 heteroatoms. The van der Waals surface area contributed by atoms with Crippen LogP contribution in [0.15, 0.2) is 132 Å². The second kappa shape index (κ2) is 16.5. The van der Waals surface area contributed by atoms with Gasteiger partial charge in [-0.3, -0.25) is 24.5 Å². The highest BCUT2D eigenvalue weighted by molar-refractivity contribution is 6.91. The lowest BCUT2D eigenvalue weighted by atomic mass is 9.82. The molecule has 1 N–H and O–H groups in total. The van der Waals surface area contributed by atoms with E-state index in [0.717, 1.165) is 16.1 Å². The maximum absolute atomic E-state index is 15.5. The van der Waals surface area contributed by atoms with Crippen molar-refractivity contribution in [1.82, 2.24) is 14.7 Å². The van der Waals surface area contributed by atoms with Crippen molar-refractivity contribution in [1.29, 1.82) is 0 Å². The van der Waals surface area contributed by atoms with E-state index in [1.807, 2.05) is 79.7 Å². The Balaban J connectivity index is 1.21. The highest BCUT2D eigenvalue weighted by atomic mass is 28.3. The minimum atomic E-state index is -2.69. The van der Waals surface area contributed by atoms with Gasteiger partial charge in [-0.15, -0.1) is 0 Å². The Hall–Kier alpha value is -6.48. The first kappa shape index (κ1) is 41.3. The van der Waals surface area contributed by atoms with E-state index in [0.29, 0.717) is 33.6 Å². The van der Waals surface area contributed by atoms with Gasteiger partial charge < -0.3 is 24.4 Å². The van der Waals surface area contributed by atoms with Gasteiger partial charge in [-0.05, 0) is 53.1 Å². The Bertz CT molecular complexity index is 2690. The number of nitro benzene ring substituents is 1. The van der Waals surface area contributed by atoms with Gasteiger partial charge in [0.05, 0.1) is 68.7 Å². The monoisotopic (exact) mass is 837 g/mol. The minimum absolute atomic E-state index is 0.0621. The van der Waals surface area contributed by atoms with Gasteiger partial charge in [-0.25, -0.2) is 0 Å². The number of aliphatic hydroxyl groups is 1. The van der Waals surface area contributed by atoms with Crippen LogP contribution in [0.3, 0.4) is 0 Å². The van der Waals surface area contributed by atoms with Crippen LogP contribution >= 0.6 is 0 Å². The first-order chi connectivity index (χ1) is 29.4. The first-order valence-electron chi connectivity index (χ1n) is 20.3. The summed E-state index contributed by atoms with van der Waals surface area (Å²) >= 11 is 0. The molecular formula is C47H47N5O8Si. The summed E-state index contributed by atoms with van der Waals surface area (Å²) in [5.74, 6) is -0.480. The van der Waals surface area contributed by atoms with Crippen LogP contribution in [0, 0.1) is 16.0 Å². The van der Waals surface area contributed by atoms with Gasteiger partial charge in [0.2, 0.25) is 5.91 Å². The number of benzene rings is 5. The summed E-state index contributed by atoms with van der Waals surface area (Å²) in [5, 5.41) is 29.1. The highest BCUT2D eigenvalue weighted by Gasteiger charge is 2.66. The lowest BCUT2D eigenvalue weighted by Gasteiger charge is -2.37. The fourth-order valence-electron chi connectivity index (χ4n) is 9.53. The van der Waals surface area contributed by atoms with E-state index in [-0.39, 0.29) is 55.4 Å². The predicted molar refractivity (Wildman–Crippen MR) is 235 cm³/mol. The molecule has 312 valence electrons. The number of amides is 2. The summed E-state index contributed by atoms with van der Waals surface area (Å²) in [4.78, 5) is 58.5. The molecule has 0 radical (unpaired) electrons. The topological polar surface area (TPSA) is 157 Å². The number of fused-ring (bicyclic) bond motifs is 3. The highest BCUT2D eigenvalue weighted by Crippen LogP contribution is 2.60. The van der Waals surface area contributed by atoms with Gasteiger partial charge in [-0.2, -0.15) is 9.78 Å². The second-order valence-corrected chi connectivity index (χ2v) is 21.0. The van der Waals surface area contributed by atoms with E-state index in [1.54, 1.807) is 59.5 Å². The standard InChI is InChI=1S/C47H47N5O8Si/c1-31-44(61(3,4)38-20-18-37(59-2)19-21-38)42(27-43(54)49(23-24-53)29-32-11-6-5-7-12-32)60-47(31)40-26-36(52(57)58)17-22-41(40)50(46(47)56)30-33-13-10-15-35(25-33)51-45(55)39-16-9-8-14-34(39)28-48-51/h5-22,25-26,28,31,42,44,53H,23-24,27,29-30H2,1-4H3/t31-,42+,44-,47+/m0/s1. The predicted octanol–water partition coefficient (Wildman–Crippen LogP) is 6.48. The van der Waals surface area contributed by atoms with E-state index in [4.69, 9.17) is 9.47 Å². The number of nitrogens with zero attached hydrogens (tertiary/aromatic N) is 5. The Kier molecular flexibility index (Phi) is 11.2. The van der Waals surface area contributed by atoms with Gasteiger partial charge in [0.25, 0.3) is 17.2 Å². The van der Waals surface area contributed by atoms with Crippen LogP contribution < -0.4 is 20.4 Å². The normalized spacial score (nSPS) is 19.7. The van der Waals surface area contributed by atoms with Crippen LogP contribution in [0.1, 0.15) is 30.0 Å². The molecule has 0 bridgehead atoms. The molecule has 2 aliphatic heterocycles. The van der Waals surface area contributed by atoms with Gasteiger partial charge >= 0.3 is 0 Å². The summed E-state index contributed by atoms with van der Waals surface area (Å²) in [6.45, 7) is 6.57. The maximum atomic E-state index is 15.5. The van der Waals surface area contributed by atoms with Crippen LogP contribution in [0.4, 0.5) is 11.4 Å². The van der Waals surface area contributed by atoms with E-state index in [1.165, 1.54) is 16.8 Å². The molecule has 4 atom stereocenters. The number of hydrogen-bond acceptors (Lipinski definition) is 9. The van der Waals surface area contributed by atoms with E-state index in [9.17, 15) is 24.8 Å². The van der Waals surface area contributed by atoms with E-state index < -0.39 is 36.5 Å². The largest absolute Gasteiger partial charge is 0.497 e. The van der Waals surface area contributed by atoms with Gasteiger partial charge in [-0.1, -0.05) is 98.0 Å². The van der Waals surface area contributed by atoms with Gasteiger partial charge in [0.1, 0.15) is 5.75 Å². The number of non-ortho nitro benzene ring substituents is 1. The quantitative estimate of drug-likeness (QED) is 0.0782. The van der Waals surface area contributed by atoms with Gasteiger partial charge in [0, 0.05) is 42.1 Å². The van der Waals surface area contributed by atoms with Crippen molar-refractivity contribution < 1.29 is 29.1 Å². The number of aliphatic hydroxyl groups excluding tert-OH is 1. The molecule has 5 aromatic carbocycles. The molecule has 0 aliphatic carbocycles. The Morgan fingerprint density at radius 2 is 1.67 bits per heavy atom. The third-order valence-corrected chi connectivity index (χ3v) is 16.9. The number of aromatic nitrogens is 2. The van der Waals surface area contributed by atoms with Crippen molar-refractivity contribution in [3.05, 3.63) is 165 Å². The van der Waals surface area contributed by atoms with Crippen LogP contribution in [-0.4, -0.2) is 71.0 Å². The molecule has 0 unspecified atom stereocenters. The van der Waals surface area contributed by atoms with Crippen LogP contribution in [0.25, 0.3) is 16.5 Å². The van der Waals surface area contributed by atoms with Crippen LogP contribution in [-0.2, 0) is 33.0 Å². The lowest BCUT2D eigenvalue weighted by Crippen LogP contribution is -2.52.